The minimum atomic E-state index is 0.600. The highest BCUT2D eigenvalue weighted by atomic mass is 16.1. The van der Waals surface area contributed by atoms with Crippen LogP contribution in [0.5, 0.6) is 0 Å². The molecule has 0 radical (unpaired) electrons. The Morgan fingerprint density at radius 1 is 1.21 bits per heavy atom. The number of carbonyl (C=O) groups excluding carboxylic acids is 1. The molecule has 68 valence electrons. The molecule has 1 heterocycles. The number of hydrogen-bond acceptors (Lipinski definition) is 3. The maximum Gasteiger partial charge on any atom is 0.240 e. The Kier molecular flexibility index (Phi) is 2.21. The monoisotopic (exact) mass is 185 g/mol. The van der Waals surface area contributed by atoms with E-state index in [9.17, 15) is 4.79 Å². The maximum absolute atomic E-state index is 9.98. The number of rotatable bonds is 2. The van der Waals surface area contributed by atoms with Crippen LogP contribution < -0.4 is 0 Å². The Hall–Kier alpha value is -2.19. The van der Waals surface area contributed by atoms with E-state index < -0.39 is 0 Å². The second-order valence-electron chi connectivity index (χ2n) is 2.72. The van der Waals surface area contributed by atoms with Crippen molar-refractivity contribution in [3.05, 3.63) is 36.5 Å². The molecule has 4 nitrogen and oxygen atoms in total. The molecule has 2 rings (SSSR count). The van der Waals surface area contributed by atoms with Crippen LogP contribution >= 0.6 is 0 Å². The molecule has 0 spiro atoms. The third-order valence-corrected chi connectivity index (χ3v) is 1.85. The standard InChI is InChI=1S/C10H7N3O/c14-7-11-9-3-1-8(2-4-9)10-5-6-12-13-10/h1-6H,(H,12,13). The molecule has 0 aliphatic rings. The Labute approximate surface area is 80.3 Å². The molecule has 0 aliphatic heterocycles. The summed E-state index contributed by atoms with van der Waals surface area (Å²) in [7, 11) is 0. The molecule has 0 atom stereocenters. The maximum atomic E-state index is 9.98. The molecule has 1 aromatic carbocycles. The van der Waals surface area contributed by atoms with Crippen LogP contribution in [-0.2, 0) is 4.79 Å². The molecule has 1 aromatic heterocycles. The first kappa shape index (κ1) is 8.41. The number of hydrogen-bond donors (Lipinski definition) is 1. The van der Waals surface area contributed by atoms with Crippen LogP contribution in [0.15, 0.2) is 41.5 Å². The van der Waals surface area contributed by atoms with Crippen molar-refractivity contribution in [2.24, 2.45) is 4.99 Å². The predicted molar refractivity (Wildman–Crippen MR) is 51.8 cm³/mol. The summed E-state index contributed by atoms with van der Waals surface area (Å²) in [4.78, 5) is 13.5. The van der Waals surface area contributed by atoms with Crippen molar-refractivity contribution in [2.75, 3.05) is 0 Å². The van der Waals surface area contributed by atoms with E-state index in [4.69, 9.17) is 0 Å². The van der Waals surface area contributed by atoms with E-state index in [1.165, 1.54) is 6.08 Å². The van der Waals surface area contributed by atoms with E-state index in [-0.39, 0.29) is 0 Å². The SMILES string of the molecule is O=C=Nc1ccc(-c2ccn[nH]2)cc1. The smallest absolute Gasteiger partial charge is 0.240 e. The van der Waals surface area contributed by atoms with Crippen molar-refractivity contribution in [1.29, 1.82) is 0 Å². The van der Waals surface area contributed by atoms with E-state index in [1.54, 1.807) is 18.3 Å². The molecular formula is C10H7N3O. The van der Waals surface area contributed by atoms with Crippen molar-refractivity contribution in [3.8, 4) is 11.3 Å². The molecule has 0 unspecified atom stereocenters. The van der Waals surface area contributed by atoms with Crippen molar-refractivity contribution in [3.63, 3.8) is 0 Å². The van der Waals surface area contributed by atoms with Gasteiger partial charge in [0.1, 0.15) is 0 Å². The first-order chi connectivity index (χ1) is 6.90. The fraction of sp³-hybridized carbons (Fsp3) is 0. The van der Waals surface area contributed by atoms with Gasteiger partial charge in [-0.3, -0.25) is 5.10 Å². The average Bonchev–Trinajstić information content (AvgIpc) is 2.72. The number of aliphatic imine (C=N–C) groups is 1. The number of nitrogens with zero attached hydrogens (tertiary/aromatic N) is 2. The van der Waals surface area contributed by atoms with Gasteiger partial charge in [0.05, 0.1) is 11.4 Å². The zero-order valence-electron chi connectivity index (χ0n) is 7.27. The first-order valence-electron chi connectivity index (χ1n) is 4.08. The molecule has 0 aliphatic carbocycles. The van der Waals surface area contributed by atoms with Gasteiger partial charge in [-0.05, 0) is 23.8 Å². The lowest BCUT2D eigenvalue weighted by molar-refractivity contribution is 0.565. The summed E-state index contributed by atoms with van der Waals surface area (Å²) in [5.41, 5.74) is 2.54. The summed E-state index contributed by atoms with van der Waals surface area (Å²) in [6, 6.07) is 9.10. The van der Waals surface area contributed by atoms with Gasteiger partial charge in [0.2, 0.25) is 6.08 Å². The fourth-order valence-corrected chi connectivity index (χ4v) is 1.18. The second-order valence-corrected chi connectivity index (χ2v) is 2.72. The van der Waals surface area contributed by atoms with E-state index in [1.807, 2.05) is 18.2 Å². The van der Waals surface area contributed by atoms with Gasteiger partial charge in [-0.1, -0.05) is 12.1 Å². The lowest BCUT2D eigenvalue weighted by Crippen LogP contribution is -1.76. The van der Waals surface area contributed by atoms with Crippen LogP contribution in [0, 0.1) is 0 Å². The van der Waals surface area contributed by atoms with Crippen LogP contribution in [0.3, 0.4) is 0 Å². The van der Waals surface area contributed by atoms with Gasteiger partial charge in [0.25, 0.3) is 0 Å². The Balaban J connectivity index is 2.35. The number of aromatic nitrogens is 2. The van der Waals surface area contributed by atoms with Crippen LogP contribution in [-0.4, -0.2) is 16.3 Å². The largest absolute Gasteiger partial charge is 0.278 e. The molecule has 0 bridgehead atoms. The fourth-order valence-electron chi connectivity index (χ4n) is 1.18. The molecule has 2 aromatic rings. The first-order valence-corrected chi connectivity index (χ1v) is 4.08. The quantitative estimate of drug-likeness (QED) is 0.575. The average molecular weight is 185 g/mol. The summed E-state index contributed by atoms with van der Waals surface area (Å²) in [5, 5.41) is 6.69. The number of isocyanates is 1. The van der Waals surface area contributed by atoms with Gasteiger partial charge in [-0.2, -0.15) is 10.1 Å². The van der Waals surface area contributed by atoms with Gasteiger partial charge in [-0.25, -0.2) is 4.79 Å². The highest BCUT2D eigenvalue weighted by Crippen LogP contribution is 2.19. The van der Waals surface area contributed by atoms with Crippen molar-refractivity contribution < 1.29 is 4.79 Å². The summed E-state index contributed by atoms with van der Waals surface area (Å²) in [5.74, 6) is 0. The lowest BCUT2D eigenvalue weighted by Gasteiger charge is -1.96. The molecule has 0 saturated carbocycles. The number of H-pyrrole nitrogens is 1. The lowest BCUT2D eigenvalue weighted by atomic mass is 10.1. The third kappa shape index (κ3) is 1.60. The van der Waals surface area contributed by atoms with Gasteiger partial charge in [-0.15, -0.1) is 0 Å². The Morgan fingerprint density at radius 3 is 2.57 bits per heavy atom. The van der Waals surface area contributed by atoms with Crippen LogP contribution in [0.25, 0.3) is 11.3 Å². The molecule has 0 amide bonds. The molecular weight excluding hydrogens is 178 g/mol. The van der Waals surface area contributed by atoms with Gasteiger partial charge in [0, 0.05) is 6.20 Å². The number of nitrogens with one attached hydrogen (secondary N) is 1. The van der Waals surface area contributed by atoms with Crippen molar-refractivity contribution >= 4 is 11.8 Å². The molecule has 0 fully saturated rings. The van der Waals surface area contributed by atoms with Crippen LogP contribution in [0.1, 0.15) is 0 Å². The topological polar surface area (TPSA) is 58.1 Å². The van der Waals surface area contributed by atoms with Crippen LogP contribution in [0.2, 0.25) is 0 Å². The van der Waals surface area contributed by atoms with E-state index in [0.29, 0.717) is 5.69 Å². The van der Waals surface area contributed by atoms with E-state index in [2.05, 4.69) is 15.2 Å². The van der Waals surface area contributed by atoms with Crippen LogP contribution in [0.4, 0.5) is 5.69 Å². The zero-order chi connectivity index (χ0) is 9.80. The summed E-state index contributed by atoms with van der Waals surface area (Å²) in [6.07, 6.45) is 3.18. The molecule has 14 heavy (non-hydrogen) atoms. The van der Waals surface area contributed by atoms with Gasteiger partial charge in [0.15, 0.2) is 0 Å². The third-order valence-electron chi connectivity index (χ3n) is 1.85. The minimum absolute atomic E-state index is 0.600. The van der Waals surface area contributed by atoms with Gasteiger partial charge >= 0.3 is 0 Å². The highest BCUT2D eigenvalue weighted by molar-refractivity contribution is 5.62. The van der Waals surface area contributed by atoms with E-state index >= 15 is 0 Å². The Morgan fingerprint density at radius 2 is 2.00 bits per heavy atom. The zero-order valence-corrected chi connectivity index (χ0v) is 7.27. The predicted octanol–water partition coefficient (Wildman–Crippen LogP) is 2.04. The molecule has 0 saturated heterocycles. The van der Waals surface area contributed by atoms with Crippen molar-refractivity contribution in [2.45, 2.75) is 0 Å². The Bertz CT molecular complexity index is 453. The number of aromatic amines is 1. The second kappa shape index (κ2) is 3.68. The van der Waals surface area contributed by atoms with Gasteiger partial charge < -0.3 is 0 Å². The molecule has 4 heteroatoms. The summed E-state index contributed by atoms with van der Waals surface area (Å²) >= 11 is 0. The summed E-state index contributed by atoms with van der Waals surface area (Å²) < 4.78 is 0. The van der Waals surface area contributed by atoms with Crippen molar-refractivity contribution in [1.82, 2.24) is 10.2 Å². The van der Waals surface area contributed by atoms with E-state index in [0.717, 1.165) is 11.3 Å². The number of benzene rings is 1. The molecule has 1 N–H and O–H groups in total. The summed E-state index contributed by atoms with van der Waals surface area (Å²) in [6.45, 7) is 0. The minimum Gasteiger partial charge on any atom is -0.278 e. The highest BCUT2D eigenvalue weighted by Gasteiger charge is 1.97. The normalized spacial score (nSPS) is 9.43.